The molecule has 0 spiro atoms. The lowest BCUT2D eigenvalue weighted by Gasteiger charge is -2.41. The lowest BCUT2D eigenvalue weighted by molar-refractivity contribution is 0.00577. The summed E-state index contributed by atoms with van der Waals surface area (Å²) in [6, 6.07) is 3.82. The molecule has 23 heavy (non-hydrogen) atoms. The minimum Gasteiger partial charge on any atom is -0.389 e. The third-order valence-electron chi connectivity index (χ3n) is 4.22. The fourth-order valence-electron chi connectivity index (χ4n) is 3.24. The summed E-state index contributed by atoms with van der Waals surface area (Å²) in [6.45, 7) is 8.56. The predicted molar refractivity (Wildman–Crippen MR) is 88.4 cm³/mol. The average molecular weight is 316 g/mol. The molecule has 1 atom stereocenters. The van der Waals surface area contributed by atoms with E-state index in [9.17, 15) is 9.90 Å². The predicted octanol–water partition coefficient (Wildman–Crippen LogP) is 1.25. The molecule has 0 aromatic carbocycles. The van der Waals surface area contributed by atoms with Gasteiger partial charge in [-0.05, 0) is 32.9 Å². The third kappa shape index (κ3) is 3.54. The van der Waals surface area contributed by atoms with E-state index in [2.05, 4.69) is 16.8 Å². The lowest BCUT2D eigenvalue weighted by Crippen LogP contribution is -2.56. The Labute approximate surface area is 136 Å². The SMILES string of the molecule is CC1CN(CC(C)(C)O)CCN1C(=O)c1ccc2nccn2c1. The van der Waals surface area contributed by atoms with Gasteiger partial charge in [0.1, 0.15) is 5.65 Å². The second-order valence-corrected chi connectivity index (χ2v) is 7.01. The second-order valence-electron chi connectivity index (χ2n) is 7.01. The summed E-state index contributed by atoms with van der Waals surface area (Å²) in [5, 5.41) is 9.96. The number of piperazine rings is 1. The van der Waals surface area contributed by atoms with Gasteiger partial charge in [-0.25, -0.2) is 4.98 Å². The molecule has 6 heteroatoms. The van der Waals surface area contributed by atoms with Crippen molar-refractivity contribution in [2.45, 2.75) is 32.4 Å². The first-order valence-corrected chi connectivity index (χ1v) is 8.02. The van der Waals surface area contributed by atoms with E-state index in [1.807, 2.05) is 47.7 Å². The molecule has 1 fully saturated rings. The van der Waals surface area contributed by atoms with Crippen molar-refractivity contribution < 1.29 is 9.90 Å². The summed E-state index contributed by atoms with van der Waals surface area (Å²) in [5.74, 6) is 0.0519. The highest BCUT2D eigenvalue weighted by Crippen LogP contribution is 2.16. The molecule has 1 amide bonds. The van der Waals surface area contributed by atoms with Crippen LogP contribution < -0.4 is 0 Å². The number of nitrogens with zero attached hydrogens (tertiary/aromatic N) is 4. The van der Waals surface area contributed by atoms with Gasteiger partial charge >= 0.3 is 0 Å². The van der Waals surface area contributed by atoms with Crippen LogP contribution >= 0.6 is 0 Å². The van der Waals surface area contributed by atoms with Gasteiger partial charge in [-0.3, -0.25) is 9.69 Å². The standard InChI is InChI=1S/C17H24N4O2/c1-13-10-19(12-17(2,3)23)8-9-21(13)16(22)14-4-5-15-18-6-7-20(15)11-14/h4-7,11,13,23H,8-10,12H2,1-3H3. The molecule has 1 unspecified atom stereocenters. The third-order valence-corrected chi connectivity index (χ3v) is 4.22. The molecule has 0 radical (unpaired) electrons. The lowest BCUT2D eigenvalue weighted by atomic mass is 10.1. The number of aromatic nitrogens is 2. The van der Waals surface area contributed by atoms with Crippen LogP contribution in [0.3, 0.4) is 0 Å². The summed E-state index contributed by atoms with van der Waals surface area (Å²) in [6.07, 6.45) is 5.40. The minimum absolute atomic E-state index is 0.0519. The Morgan fingerprint density at radius 3 is 2.87 bits per heavy atom. The van der Waals surface area contributed by atoms with E-state index in [-0.39, 0.29) is 11.9 Å². The van der Waals surface area contributed by atoms with E-state index in [0.717, 1.165) is 18.7 Å². The number of pyridine rings is 1. The molecular weight excluding hydrogens is 292 g/mol. The molecular formula is C17H24N4O2. The van der Waals surface area contributed by atoms with Crippen LogP contribution in [0.25, 0.3) is 5.65 Å². The minimum atomic E-state index is -0.710. The quantitative estimate of drug-likeness (QED) is 0.926. The molecule has 3 heterocycles. The number of aliphatic hydroxyl groups is 1. The van der Waals surface area contributed by atoms with Crippen LogP contribution in [0.4, 0.5) is 0 Å². The van der Waals surface area contributed by atoms with Crippen LogP contribution in [0.5, 0.6) is 0 Å². The molecule has 1 saturated heterocycles. The summed E-state index contributed by atoms with van der Waals surface area (Å²) in [7, 11) is 0. The molecule has 1 N–H and O–H groups in total. The van der Waals surface area contributed by atoms with E-state index in [0.29, 0.717) is 18.7 Å². The van der Waals surface area contributed by atoms with Gasteiger partial charge < -0.3 is 14.4 Å². The van der Waals surface area contributed by atoms with Gasteiger partial charge in [-0.15, -0.1) is 0 Å². The number of hydrogen-bond acceptors (Lipinski definition) is 4. The topological polar surface area (TPSA) is 61.1 Å². The molecule has 1 aliphatic rings. The Kier molecular flexibility index (Phi) is 4.12. The fraction of sp³-hybridized carbons (Fsp3) is 0.529. The zero-order valence-corrected chi connectivity index (χ0v) is 13.9. The van der Waals surface area contributed by atoms with Crippen molar-refractivity contribution in [3.63, 3.8) is 0 Å². The van der Waals surface area contributed by atoms with Crippen LogP contribution in [0.15, 0.2) is 30.7 Å². The first kappa shape index (κ1) is 16.0. The van der Waals surface area contributed by atoms with Crippen molar-refractivity contribution in [3.05, 3.63) is 36.3 Å². The Morgan fingerprint density at radius 1 is 1.39 bits per heavy atom. The van der Waals surface area contributed by atoms with Gasteiger partial charge in [0.2, 0.25) is 0 Å². The van der Waals surface area contributed by atoms with Crippen LogP contribution in [0.2, 0.25) is 0 Å². The van der Waals surface area contributed by atoms with Gasteiger partial charge in [0, 0.05) is 50.8 Å². The van der Waals surface area contributed by atoms with Gasteiger partial charge in [0.05, 0.1) is 11.2 Å². The molecule has 0 aliphatic carbocycles. The second kappa shape index (κ2) is 5.94. The van der Waals surface area contributed by atoms with Crippen molar-refractivity contribution in [2.24, 2.45) is 0 Å². The number of carbonyl (C=O) groups excluding carboxylic acids is 1. The van der Waals surface area contributed by atoms with Gasteiger partial charge in [-0.2, -0.15) is 0 Å². The molecule has 3 rings (SSSR count). The van der Waals surface area contributed by atoms with Gasteiger partial charge in [-0.1, -0.05) is 0 Å². The number of amides is 1. The number of hydrogen-bond donors (Lipinski definition) is 1. The number of imidazole rings is 1. The monoisotopic (exact) mass is 316 g/mol. The summed E-state index contributed by atoms with van der Waals surface area (Å²) < 4.78 is 1.86. The first-order chi connectivity index (χ1) is 10.8. The van der Waals surface area contributed by atoms with E-state index in [4.69, 9.17) is 0 Å². The van der Waals surface area contributed by atoms with E-state index in [1.54, 1.807) is 6.20 Å². The van der Waals surface area contributed by atoms with Gasteiger partial charge in [0.15, 0.2) is 0 Å². The van der Waals surface area contributed by atoms with Crippen molar-refractivity contribution in [2.75, 3.05) is 26.2 Å². The van der Waals surface area contributed by atoms with Crippen molar-refractivity contribution >= 4 is 11.6 Å². The van der Waals surface area contributed by atoms with E-state index < -0.39 is 5.60 Å². The smallest absolute Gasteiger partial charge is 0.255 e. The highest BCUT2D eigenvalue weighted by molar-refractivity contribution is 5.94. The van der Waals surface area contributed by atoms with Crippen LogP contribution in [0, 0.1) is 0 Å². The summed E-state index contributed by atoms with van der Waals surface area (Å²) >= 11 is 0. The maximum Gasteiger partial charge on any atom is 0.255 e. The molecule has 2 aromatic rings. The number of rotatable bonds is 3. The Hall–Kier alpha value is -1.92. The van der Waals surface area contributed by atoms with Gasteiger partial charge in [0.25, 0.3) is 5.91 Å². The molecule has 124 valence electrons. The van der Waals surface area contributed by atoms with Crippen LogP contribution in [0.1, 0.15) is 31.1 Å². The summed E-state index contributed by atoms with van der Waals surface area (Å²) in [4.78, 5) is 21.1. The number of fused-ring (bicyclic) bond motifs is 1. The zero-order chi connectivity index (χ0) is 16.6. The largest absolute Gasteiger partial charge is 0.389 e. The van der Waals surface area contributed by atoms with Crippen LogP contribution in [-0.2, 0) is 0 Å². The molecule has 6 nitrogen and oxygen atoms in total. The maximum atomic E-state index is 12.8. The fourth-order valence-corrected chi connectivity index (χ4v) is 3.24. The van der Waals surface area contributed by atoms with E-state index >= 15 is 0 Å². The molecule has 1 aliphatic heterocycles. The van der Waals surface area contributed by atoms with Crippen LogP contribution in [-0.4, -0.2) is 68.0 Å². The van der Waals surface area contributed by atoms with Crippen molar-refractivity contribution in [1.82, 2.24) is 19.2 Å². The normalized spacial score (nSPS) is 20.2. The maximum absolute atomic E-state index is 12.8. The Bertz CT molecular complexity index is 704. The molecule has 0 bridgehead atoms. The molecule has 0 saturated carbocycles. The van der Waals surface area contributed by atoms with E-state index in [1.165, 1.54) is 0 Å². The first-order valence-electron chi connectivity index (χ1n) is 8.02. The van der Waals surface area contributed by atoms with Crippen molar-refractivity contribution in [3.8, 4) is 0 Å². The molecule has 2 aromatic heterocycles. The highest BCUT2D eigenvalue weighted by atomic mass is 16.3. The average Bonchev–Trinajstić information content (AvgIpc) is 2.92. The number of carbonyl (C=O) groups is 1. The zero-order valence-electron chi connectivity index (χ0n) is 13.9. The van der Waals surface area contributed by atoms with Crippen molar-refractivity contribution in [1.29, 1.82) is 0 Å². The number of β-amino-alcohol motifs (C(OH)–C–C–N with tert-alkyl or cyclic N) is 1. The Morgan fingerprint density at radius 2 is 2.17 bits per heavy atom. The summed E-state index contributed by atoms with van der Waals surface area (Å²) in [5.41, 5.74) is 0.807. The Balaban J connectivity index is 1.70. The highest BCUT2D eigenvalue weighted by Gasteiger charge is 2.30.